The third-order valence-electron chi connectivity index (χ3n) is 2.40. The Morgan fingerprint density at radius 1 is 1.19 bits per heavy atom. The van der Waals surface area contributed by atoms with Crippen molar-refractivity contribution in [3.05, 3.63) is 42.0 Å². The van der Waals surface area contributed by atoms with Gasteiger partial charge in [0.1, 0.15) is 5.88 Å². The van der Waals surface area contributed by atoms with E-state index in [1.807, 2.05) is 24.3 Å². The lowest BCUT2D eigenvalue weighted by molar-refractivity contribution is -0.113. The van der Waals surface area contributed by atoms with Crippen molar-refractivity contribution in [3.63, 3.8) is 0 Å². The summed E-state index contributed by atoms with van der Waals surface area (Å²) >= 11 is 5.43. The van der Waals surface area contributed by atoms with Gasteiger partial charge in [0.15, 0.2) is 0 Å². The summed E-state index contributed by atoms with van der Waals surface area (Å²) in [5, 5.41) is 5.01. The monoisotopic (exact) mass is 233 g/mol. The van der Waals surface area contributed by atoms with Gasteiger partial charge in [-0.25, -0.2) is 0 Å². The van der Waals surface area contributed by atoms with E-state index in [0.717, 1.165) is 11.1 Å². The SMILES string of the molecule is Cc1ccc2cc(NC(=O)CCl)ccc2c1. The number of hydrogen-bond acceptors (Lipinski definition) is 1. The van der Waals surface area contributed by atoms with Crippen LogP contribution in [-0.4, -0.2) is 11.8 Å². The smallest absolute Gasteiger partial charge is 0.239 e. The van der Waals surface area contributed by atoms with E-state index < -0.39 is 0 Å². The maximum atomic E-state index is 11.1. The molecule has 0 saturated heterocycles. The lowest BCUT2D eigenvalue weighted by Gasteiger charge is -2.05. The van der Waals surface area contributed by atoms with E-state index in [1.165, 1.54) is 10.9 Å². The molecule has 0 unspecified atom stereocenters. The van der Waals surface area contributed by atoms with Crippen molar-refractivity contribution in [2.24, 2.45) is 0 Å². The van der Waals surface area contributed by atoms with Crippen molar-refractivity contribution in [1.82, 2.24) is 0 Å². The van der Waals surface area contributed by atoms with Crippen molar-refractivity contribution in [1.29, 1.82) is 0 Å². The summed E-state index contributed by atoms with van der Waals surface area (Å²) in [6.07, 6.45) is 0. The van der Waals surface area contributed by atoms with Crippen LogP contribution in [0.5, 0.6) is 0 Å². The normalized spacial score (nSPS) is 10.4. The van der Waals surface area contributed by atoms with Crippen LogP contribution in [0.3, 0.4) is 0 Å². The van der Waals surface area contributed by atoms with Crippen molar-refractivity contribution in [2.75, 3.05) is 11.2 Å². The van der Waals surface area contributed by atoms with Crippen LogP contribution < -0.4 is 5.32 Å². The summed E-state index contributed by atoms with van der Waals surface area (Å²) in [6, 6.07) is 12.0. The Morgan fingerprint density at radius 2 is 1.88 bits per heavy atom. The Balaban J connectivity index is 2.37. The first-order valence-electron chi connectivity index (χ1n) is 5.05. The van der Waals surface area contributed by atoms with E-state index in [9.17, 15) is 4.79 Å². The number of amides is 1. The van der Waals surface area contributed by atoms with Gasteiger partial charge in [-0.2, -0.15) is 0 Å². The second-order valence-corrected chi connectivity index (χ2v) is 4.01. The molecule has 0 fully saturated rings. The van der Waals surface area contributed by atoms with E-state index in [0.29, 0.717) is 0 Å². The molecule has 2 nitrogen and oxygen atoms in total. The number of alkyl halides is 1. The highest BCUT2D eigenvalue weighted by Gasteiger charge is 2.01. The molecule has 0 heterocycles. The minimum atomic E-state index is -0.187. The lowest BCUT2D eigenvalue weighted by atomic mass is 10.1. The lowest BCUT2D eigenvalue weighted by Crippen LogP contribution is -2.12. The number of hydrogen-bond donors (Lipinski definition) is 1. The average molecular weight is 234 g/mol. The maximum absolute atomic E-state index is 11.1. The van der Waals surface area contributed by atoms with Gasteiger partial charge >= 0.3 is 0 Å². The molecule has 1 amide bonds. The Bertz CT molecular complexity index is 536. The summed E-state index contributed by atoms with van der Waals surface area (Å²) in [7, 11) is 0. The number of benzene rings is 2. The van der Waals surface area contributed by atoms with Crippen molar-refractivity contribution < 1.29 is 4.79 Å². The summed E-state index contributed by atoms with van der Waals surface area (Å²) in [6.45, 7) is 2.06. The zero-order valence-corrected chi connectivity index (χ0v) is 9.71. The Hall–Kier alpha value is -1.54. The van der Waals surface area contributed by atoms with E-state index in [-0.39, 0.29) is 11.8 Å². The molecular formula is C13H12ClNO. The highest BCUT2D eigenvalue weighted by Crippen LogP contribution is 2.20. The van der Waals surface area contributed by atoms with Crippen LogP contribution in [-0.2, 0) is 4.79 Å². The predicted octanol–water partition coefficient (Wildman–Crippen LogP) is 3.33. The van der Waals surface area contributed by atoms with Crippen LogP contribution in [0.1, 0.15) is 5.56 Å². The molecule has 0 aliphatic rings. The maximum Gasteiger partial charge on any atom is 0.239 e. The number of nitrogens with one attached hydrogen (secondary N) is 1. The Kier molecular flexibility index (Phi) is 3.11. The first kappa shape index (κ1) is 11.0. The third-order valence-corrected chi connectivity index (χ3v) is 2.64. The van der Waals surface area contributed by atoms with E-state index in [1.54, 1.807) is 0 Å². The molecule has 16 heavy (non-hydrogen) atoms. The van der Waals surface area contributed by atoms with Crippen LogP contribution in [0, 0.1) is 6.92 Å². The first-order valence-corrected chi connectivity index (χ1v) is 5.59. The summed E-state index contributed by atoms with van der Waals surface area (Å²) in [5.74, 6) is -0.209. The van der Waals surface area contributed by atoms with Gasteiger partial charge in [0, 0.05) is 5.69 Å². The molecule has 0 radical (unpaired) electrons. The van der Waals surface area contributed by atoms with Gasteiger partial charge in [-0.3, -0.25) is 4.79 Å². The Morgan fingerprint density at radius 3 is 2.62 bits per heavy atom. The topological polar surface area (TPSA) is 29.1 Å². The van der Waals surface area contributed by atoms with Crippen LogP contribution in [0.4, 0.5) is 5.69 Å². The van der Waals surface area contributed by atoms with Gasteiger partial charge in [0.05, 0.1) is 0 Å². The van der Waals surface area contributed by atoms with E-state index >= 15 is 0 Å². The minimum absolute atomic E-state index is 0.0219. The highest BCUT2D eigenvalue weighted by molar-refractivity contribution is 6.29. The number of fused-ring (bicyclic) bond motifs is 1. The van der Waals surface area contributed by atoms with Gasteiger partial charge < -0.3 is 5.32 Å². The van der Waals surface area contributed by atoms with Crippen LogP contribution >= 0.6 is 11.6 Å². The van der Waals surface area contributed by atoms with Crippen LogP contribution in [0.2, 0.25) is 0 Å². The zero-order valence-electron chi connectivity index (χ0n) is 8.96. The van der Waals surface area contributed by atoms with Gasteiger partial charge in [0.25, 0.3) is 0 Å². The quantitative estimate of drug-likeness (QED) is 0.793. The number of anilines is 1. The fourth-order valence-corrected chi connectivity index (χ4v) is 1.70. The van der Waals surface area contributed by atoms with Crippen LogP contribution in [0.15, 0.2) is 36.4 Å². The number of carbonyl (C=O) groups excluding carboxylic acids is 1. The molecule has 82 valence electrons. The average Bonchev–Trinajstić information content (AvgIpc) is 2.29. The second-order valence-electron chi connectivity index (χ2n) is 3.75. The minimum Gasteiger partial charge on any atom is -0.325 e. The summed E-state index contributed by atoms with van der Waals surface area (Å²) in [5.41, 5.74) is 2.01. The number of carbonyl (C=O) groups is 1. The first-order chi connectivity index (χ1) is 7.69. The van der Waals surface area contributed by atoms with Crippen molar-refractivity contribution >= 4 is 34.0 Å². The number of aryl methyl sites for hydroxylation is 1. The number of halogens is 1. The largest absolute Gasteiger partial charge is 0.325 e. The molecule has 3 heteroatoms. The molecule has 2 rings (SSSR count). The summed E-state index contributed by atoms with van der Waals surface area (Å²) in [4.78, 5) is 11.1. The fraction of sp³-hybridized carbons (Fsp3) is 0.154. The van der Waals surface area contributed by atoms with Gasteiger partial charge in [-0.1, -0.05) is 29.8 Å². The van der Waals surface area contributed by atoms with Crippen LogP contribution in [0.25, 0.3) is 10.8 Å². The molecule has 2 aromatic rings. The molecule has 0 aromatic heterocycles. The zero-order chi connectivity index (χ0) is 11.5. The molecule has 0 aliphatic carbocycles. The van der Waals surface area contributed by atoms with E-state index in [4.69, 9.17) is 11.6 Å². The van der Waals surface area contributed by atoms with Gasteiger partial charge in [-0.05, 0) is 29.8 Å². The molecular weight excluding hydrogens is 222 g/mol. The molecule has 0 aliphatic heterocycles. The van der Waals surface area contributed by atoms with Gasteiger partial charge in [0.2, 0.25) is 5.91 Å². The predicted molar refractivity (Wildman–Crippen MR) is 68.0 cm³/mol. The summed E-state index contributed by atoms with van der Waals surface area (Å²) < 4.78 is 0. The molecule has 0 bridgehead atoms. The Labute approximate surface area is 99.2 Å². The molecule has 2 aromatic carbocycles. The molecule has 1 N–H and O–H groups in total. The molecule has 0 atom stereocenters. The van der Waals surface area contributed by atoms with Crippen molar-refractivity contribution in [3.8, 4) is 0 Å². The molecule has 0 spiro atoms. The van der Waals surface area contributed by atoms with Gasteiger partial charge in [-0.15, -0.1) is 11.6 Å². The fourth-order valence-electron chi connectivity index (χ4n) is 1.64. The van der Waals surface area contributed by atoms with Crippen molar-refractivity contribution in [2.45, 2.75) is 6.92 Å². The van der Waals surface area contributed by atoms with E-state index in [2.05, 4.69) is 24.4 Å². The number of rotatable bonds is 2. The second kappa shape index (κ2) is 4.54. The molecule has 0 saturated carbocycles. The third kappa shape index (κ3) is 2.34. The standard InChI is InChI=1S/C13H12ClNO/c1-9-2-3-11-7-12(15-13(16)8-14)5-4-10(11)6-9/h2-7H,8H2,1H3,(H,15,16). The highest BCUT2D eigenvalue weighted by atomic mass is 35.5.